The molecule has 0 N–H and O–H groups in total. The van der Waals surface area contributed by atoms with Gasteiger partial charge in [0, 0.05) is 19.3 Å². The van der Waals surface area contributed by atoms with E-state index in [1.165, 1.54) is 231 Å². The first-order valence-electron chi connectivity index (χ1n) is 34.9. The van der Waals surface area contributed by atoms with Gasteiger partial charge in [-0.3, -0.25) is 14.4 Å². The predicted molar refractivity (Wildman–Crippen MR) is 348 cm³/mol. The van der Waals surface area contributed by atoms with Crippen molar-refractivity contribution >= 4 is 17.9 Å². The zero-order valence-corrected chi connectivity index (χ0v) is 53.3. The molecule has 0 saturated heterocycles. The van der Waals surface area contributed by atoms with Gasteiger partial charge >= 0.3 is 17.9 Å². The maximum Gasteiger partial charge on any atom is 0.306 e. The minimum Gasteiger partial charge on any atom is -0.462 e. The second kappa shape index (κ2) is 68.3. The average molecular weight is 1120 g/mol. The molecule has 0 aliphatic rings. The van der Waals surface area contributed by atoms with Gasteiger partial charge < -0.3 is 14.2 Å². The van der Waals surface area contributed by atoms with Crippen LogP contribution in [-0.4, -0.2) is 37.2 Å². The zero-order valence-electron chi connectivity index (χ0n) is 53.3. The van der Waals surface area contributed by atoms with Crippen molar-refractivity contribution < 1.29 is 28.6 Å². The van der Waals surface area contributed by atoms with Crippen LogP contribution in [0, 0.1) is 0 Å². The number of carbonyl (C=O) groups excluding carboxylic acids is 3. The molecular weight excluding hydrogens is 985 g/mol. The molecule has 0 spiro atoms. The van der Waals surface area contributed by atoms with Crippen LogP contribution in [0.4, 0.5) is 0 Å². The van der Waals surface area contributed by atoms with Crippen molar-refractivity contribution in [2.75, 3.05) is 13.2 Å². The van der Waals surface area contributed by atoms with Crippen LogP contribution in [0.15, 0.2) is 72.9 Å². The van der Waals surface area contributed by atoms with Crippen LogP contribution in [-0.2, 0) is 28.6 Å². The Kier molecular flexibility index (Phi) is 65.7. The maximum absolute atomic E-state index is 13.0. The molecule has 0 aliphatic heterocycles. The summed E-state index contributed by atoms with van der Waals surface area (Å²) in [7, 11) is 0. The molecule has 6 heteroatoms. The van der Waals surface area contributed by atoms with Gasteiger partial charge in [0.1, 0.15) is 13.2 Å². The van der Waals surface area contributed by atoms with Gasteiger partial charge in [0.25, 0.3) is 0 Å². The highest BCUT2D eigenvalue weighted by Crippen LogP contribution is 2.18. The monoisotopic (exact) mass is 1120 g/mol. The molecule has 1 atom stereocenters. The predicted octanol–water partition coefficient (Wildman–Crippen LogP) is 24.1. The van der Waals surface area contributed by atoms with E-state index in [4.69, 9.17) is 14.2 Å². The Labute approximate surface area is 497 Å². The van der Waals surface area contributed by atoms with E-state index in [1.807, 2.05) is 0 Å². The molecule has 0 amide bonds. The van der Waals surface area contributed by atoms with E-state index in [0.29, 0.717) is 19.3 Å². The lowest BCUT2D eigenvalue weighted by Crippen LogP contribution is -2.30. The van der Waals surface area contributed by atoms with E-state index in [1.54, 1.807) is 0 Å². The summed E-state index contributed by atoms with van der Waals surface area (Å²) < 4.78 is 17.0. The van der Waals surface area contributed by atoms with Crippen LogP contribution in [0.25, 0.3) is 0 Å². The molecule has 0 rings (SSSR count). The largest absolute Gasteiger partial charge is 0.462 e. The van der Waals surface area contributed by atoms with Crippen molar-refractivity contribution in [3.8, 4) is 0 Å². The lowest BCUT2D eigenvalue weighted by Gasteiger charge is -2.18. The molecule has 0 aromatic carbocycles. The number of ether oxygens (including phenoxy) is 3. The van der Waals surface area contributed by atoms with Crippen molar-refractivity contribution in [3.63, 3.8) is 0 Å². The normalized spacial score (nSPS) is 12.5. The highest BCUT2D eigenvalue weighted by Gasteiger charge is 2.19. The Balaban J connectivity index is 4.33. The molecule has 80 heavy (non-hydrogen) atoms. The number of hydrogen-bond donors (Lipinski definition) is 0. The van der Waals surface area contributed by atoms with Crippen molar-refractivity contribution in [1.82, 2.24) is 0 Å². The van der Waals surface area contributed by atoms with Gasteiger partial charge in [-0.05, 0) is 89.9 Å². The third-order valence-corrected chi connectivity index (χ3v) is 15.4. The van der Waals surface area contributed by atoms with E-state index in [9.17, 15) is 14.4 Å². The minimum absolute atomic E-state index is 0.0730. The zero-order chi connectivity index (χ0) is 57.8. The number of allylic oxidation sites excluding steroid dienone is 12. The fourth-order valence-electron chi connectivity index (χ4n) is 10.2. The Morgan fingerprint density at radius 2 is 0.487 bits per heavy atom. The van der Waals surface area contributed by atoms with Crippen molar-refractivity contribution in [3.05, 3.63) is 72.9 Å². The summed E-state index contributed by atoms with van der Waals surface area (Å²) in [4.78, 5) is 38.5. The Bertz CT molecular complexity index is 1470. The van der Waals surface area contributed by atoms with Crippen LogP contribution in [0.1, 0.15) is 361 Å². The maximum atomic E-state index is 13.0. The van der Waals surface area contributed by atoms with E-state index in [-0.39, 0.29) is 31.1 Å². The molecular formula is C74H132O6. The van der Waals surface area contributed by atoms with Crippen molar-refractivity contribution in [2.24, 2.45) is 0 Å². The number of esters is 3. The van der Waals surface area contributed by atoms with Gasteiger partial charge in [0.05, 0.1) is 0 Å². The second-order valence-electron chi connectivity index (χ2n) is 23.4. The van der Waals surface area contributed by atoms with Gasteiger partial charge in [-0.25, -0.2) is 0 Å². The summed E-state index contributed by atoms with van der Waals surface area (Å²) >= 11 is 0. The fourth-order valence-corrected chi connectivity index (χ4v) is 10.2. The second-order valence-corrected chi connectivity index (χ2v) is 23.4. The van der Waals surface area contributed by atoms with E-state index in [0.717, 1.165) is 89.9 Å². The summed E-state index contributed by atoms with van der Waals surface area (Å²) in [6.07, 6.45) is 89.1. The Morgan fingerprint density at radius 1 is 0.263 bits per heavy atom. The Hall–Kier alpha value is -3.15. The summed E-state index contributed by atoms with van der Waals surface area (Å²) in [5, 5.41) is 0. The first kappa shape index (κ1) is 76.9. The molecule has 0 aromatic heterocycles. The molecule has 0 heterocycles. The van der Waals surface area contributed by atoms with E-state index in [2.05, 4.69) is 93.7 Å². The standard InChI is InChI=1S/C74H132O6/c1-4-7-10-13-16-19-22-25-28-31-34-35-36-37-38-39-41-43-46-49-52-55-58-61-64-67-73(76)79-70-71(69-78-72(75)66-63-60-57-54-51-48-45-42-33-30-27-24-21-18-15-12-9-6-3)80-74(77)68-65-62-59-56-53-50-47-44-40-32-29-26-23-20-17-14-11-8-5-2/h7,10,16-17,19-20,25-26,28-29,34-35,71H,4-6,8-9,11-15,18,21-24,27,30-33,36-70H2,1-3H3/b10-7-,19-16-,20-17-,28-25-,29-26-,35-34-. The first-order chi connectivity index (χ1) is 39.5. The Morgan fingerprint density at radius 3 is 0.787 bits per heavy atom. The lowest BCUT2D eigenvalue weighted by molar-refractivity contribution is -0.167. The van der Waals surface area contributed by atoms with Crippen molar-refractivity contribution in [1.29, 1.82) is 0 Å². The van der Waals surface area contributed by atoms with Gasteiger partial charge in [0.15, 0.2) is 6.10 Å². The van der Waals surface area contributed by atoms with Gasteiger partial charge in [-0.15, -0.1) is 0 Å². The van der Waals surface area contributed by atoms with Gasteiger partial charge in [-0.2, -0.15) is 0 Å². The molecule has 0 bridgehead atoms. The SMILES string of the molecule is CC/C=C\C/C=C\C/C=C\C/C=C\CCCCCCCCCCCCCCC(=O)OCC(COC(=O)CCCCCCCCCCCCCCCCCCCC)OC(=O)CCCCCCCCCCC/C=C\C/C=C\CCCCC. The van der Waals surface area contributed by atoms with Crippen LogP contribution in [0.5, 0.6) is 0 Å². The van der Waals surface area contributed by atoms with E-state index < -0.39 is 6.10 Å². The molecule has 0 fully saturated rings. The summed E-state index contributed by atoms with van der Waals surface area (Å²) in [6.45, 7) is 6.56. The van der Waals surface area contributed by atoms with Crippen LogP contribution < -0.4 is 0 Å². The smallest absolute Gasteiger partial charge is 0.306 e. The fraction of sp³-hybridized carbons (Fsp3) is 0.797. The number of carbonyl (C=O) groups is 3. The third-order valence-electron chi connectivity index (χ3n) is 15.4. The molecule has 0 aliphatic carbocycles. The quantitative estimate of drug-likeness (QED) is 0.0261. The summed E-state index contributed by atoms with van der Waals surface area (Å²) in [6, 6.07) is 0. The molecule has 1 unspecified atom stereocenters. The topological polar surface area (TPSA) is 78.9 Å². The summed E-state index contributed by atoms with van der Waals surface area (Å²) in [5.74, 6) is -0.856. The van der Waals surface area contributed by atoms with Crippen LogP contribution in [0.3, 0.4) is 0 Å². The molecule has 0 aromatic rings. The number of rotatable bonds is 64. The van der Waals surface area contributed by atoms with Crippen molar-refractivity contribution in [2.45, 2.75) is 367 Å². The summed E-state index contributed by atoms with van der Waals surface area (Å²) in [5.41, 5.74) is 0. The van der Waals surface area contributed by atoms with Crippen LogP contribution in [0.2, 0.25) is 0 Å². The lowest BCUT2D eigenvalue weighted by atomic mass is 10.0. The molecule has 0 radical (unpaired) electrons. The number of unbranched alkanes of at least 4 members (excludes halogenated alkanes) is 41. The van der Waals surface area contributed by atoms with Gasteiger partial charge in [-0.1, -0.05) is 325 Å². The molecule has 0 saturated carbocycles. The minimum atomic E-state index is -0.778. The highest BCUT2D eigenvalue weighted by atomic mass is 16.6. The highest BCUT2D eigenvalue weighted by molar-refractivity contribution is 5.71. The number of hydrogen-bond acceptors (Lipinski definition) is 6. The average Bonchev–Trinajstić information content (AvgIpc) is 3.46. The van der Waals surface area contributed by atoms with E-state index >= 15 is 0 Å². The van der Waals surface area contributed by atoms with Gasteiger partial charge in [0.2, 0.25) is 0 Å². The third kappa shape index (κ3) is 65.7. The van der Waals surface area contributed by atoms with Crippen LogP contribution >= 0.6 is 0 Å². The first-order valence-corrected chi connectivity index (χ1v) is 34.9. The molecule has 464 valence electrons. The molecule has 6 nitrogen and oxygen atoms in total.